The lowest BCUT2D eigenvalue weighted by Crippen LogP contribution is -2.38. The first kappa shape index (κ1) is 9.88. The molecule has 2 aliphatic rings. The van der Waals surface area contributed by atoms with Gasteiger partial charge in [-0.2, -0.15) is 5.26 Å². The summed E-state index contributed by atoms with van der Waals surface area (Å²) in [6, 6.07) is 3.04. The smallest absolute Gasteiger partial charge is 0.0991 e. The molecule has 14 heavy (non-hydrogen) atoms. The van der Waals surface area contributed by atoms with Gasteiger partial charge in [-0.1, -0.05) is 0 Å². The van der Waals surface area contributed by atoms with Crippen LogP contribution in [0.2, 0.25) is 0 Å². The quantitative estimate of drug-likeness (QED) is 0.707. The van der Waals surface area contributed by atoms with Gasteiger partial charge in [-0.25, -0.2) is 0 Å². The van der Waals surface area contributed by atoms with Gasteiger partial charge in [0, 0.05) is 17.8 Å². The molecule has 76 valence electrons. The third kappa shape index (κ3) is 1.32. The summed E-state index contributed by atoms with van der Waals surface area (Å²) < 4.78 is 0. The van der Waals surface area contributed by atoms with E-state index in [1.165, 1.54) is 0 Å². The summed E-state index contributed by atoms with van der Waals surface area (Å²) in [7, 11) is 0. The van der Waals surface area contributed by atoms with Crippen molar-refractivity contribution in [1.82, 2.24) is 4.90 Å². The van der Waals surface area contributed by atoms with Gasteiger partial charge in [0.15, 0.2) is 0 Å². The van der Waals surface area contributed by atoms with Crippen LogP contribution in [0.5, 0.6) is 0 Å². The van der Waals surface area contributed by atoms with E-state index in [-0.39, 0.29) is 6.04 Å². The molecule has 2 unspecified atom stereocenters. The number of fused-ring (bicyclic) bond motifs is 1. The van der Waals surface area contributed by atoms with Gasteiger partial charge in [0.25, 0.3) is 0 Å². The van der Waals surface area contributed by atoms with E-state index in [1.54, 1.807) is 11.8 Å². The van der Waals surface area contributed by atoms with Crippen LogP contribution in [0.15, 0.2) is 10.6 Å². The van der Waals surface area contributed by atoms with Crippen LogP contribution < -0.4 is 5.73 Å². The maximum absolute atomic E-state index is 9.06. The molecule has 2 rings (SSSR count). The second-order valence-corrected chi connectivity index (χ2v) is 5.39. The Morgan fingerprint density at radius 1 is 1.64 bits per heavy atom. The first-order valence-corrected chi connectivity index (χ1v) is 5.85. The van der Waals surface area contributed by atoms with Crippen LogP contribution in [0.1, 0.15) is 20.3 Å². The van der Waals surface area contributed by atoms with Crippen LogP contribution in [0, 0.1) is 11.3 Å². The number of rotatable bonds is 1. The summed E-state index contributed by atoms with van der Waals surface area (Å²) in [5, 5.41) is 10.3. The number of nitriles is 1. The summed E-state index contributed by atoms with van der Waals surface area (Å²) in [6.07, 6.45) is 1.15. The average Bonchev–Trinajstić information content (AvgIpc) is 2.61. The van der Waals surface area contributed by atoms with Gasteiger partial charge in [-0.3, -0.25) is 4.90 Å². The maximum Gasteiger partial charge on any atom is 0.0991 e. The van der Waals surface area contributed by atoms with E-state index in [0.29, 0.717) is 11.3 Å². The van der Waals surface area contributed by atoms with E-state index in [9.17, 15) is 0 Å². The second-order valence-electron chi connectivity index (χ2n) is 4.11. The van der Waals surface area contributed by atoms with Crippen molar-refractivity contribution < 1.29 is 0 Å². The fraction of sp³-hybridized carbons (Fsp3) is 0.700. The molecule has 1 fully saturated rings. The van der Waals surface area contributed by atoms with E-state index in [0.717, 1.165) is 23.6 Å². The number of hydrogen-bond acceptors (Lipinski definition) is 4. The van der Waals surface area contributed by atoms with E-state index in [2.05, 4.69) is 24.8 Å². The van der Waals surface area contributed by atoms with Crippen molar-refractivity contribution in [2.45, 2.75) is 37.6 Å². The minimum absolute atomic E-state index is 0.282. The zero-order valence-electron chi connectivity index (χ0n) is 8.53. The standard InChI is InChI=1S/C10H15N3S/c1-6(2)13-4-3-8-9(13)7(5-11)10(12)14-8/h6,8-9H,3-4,12H2,1-2H3. The van der Waals surface area contributed by atoms with Gasteiger partial charge in [-0.15, -0.1) is 11.8 Å². The highest BCUT2D eigenvalue weighted by atomic mass is 32.2. The van der Waals surface area contributed by atoms with Crippen LogP contribution >= 0.6 is 11.8 Å². The molecule has 2 atom stereocenters. The maximum atomic E-state index is 9.06. The van der Waals surface area contributed by atoms with Crippen molar-refractivity contribution >= 4 is 11.8 Å². The predicted octanol–water partition coefficient (Wildman–Crippen LogP) is 1.28. The van der Waals surface area contributed by atoms with Gasteiger partial charge in [0.2, 0.25) is 0 Å². The molecular formula is C10H15N3S. The molecule has 1 saturated heterocycles. The Bertz CT molecular complexity index is 316. The molecule has 0 bridgehead atoms. The molecule has 3 nitrogen and oxygen atoms in total. The molecule has 0 amide bonds. The van der Waals surface area contributed by atoms with Crippen LogP contribution in [-0.4, -0.2) is 28.8 Å². The Morgan fingerprint density at radius 3 is 2.93 bits per heavy atom. The number of likely N-dealkylation sites (tertiary alicyclic amines) is 1. The van der Waals surface area contributed by atoms with Gasteiger partial charge in [0.05, 0.1) is 22.7 Å². The SMILES string of the molecule is CC(C)N1CCC2SC(N)=C(C#N)C21. The van der Waals surface area contributed by atoms with Gasteiger partial charge in [-0.05, 0) is 20.3 Å². The fourth-order valence-electron chi connectivity index (χ4n) is 2.33. The van der Waals surface area contributed by atoms with E-state index >= 15 is 0 Å². The predicted molar refractivity (Wildman–Crippen MR) is 58.5 cm³/mol. The van der Waals surface area contributed by atoms with Crippen LogP contribution in [-0.2, 0) is 0 Å². The molecule has 0 spiro atoms. The molecular weight excluding hydrogens is 194 g/mol. The lowest BCUT2D eigenvalue weighted by molar-refractivity contribution is 0.231. The zero-order valence-corrected chi connectivity index (χ0v) is 9.34. The van der Waals surface area contributed by atoms with Crippen LogP contribution in [0.25, 0.3) is 0 Å². The lowest BCUT2D eigenvalue weighted by atomic mass is 10.1. The van der Waals surface area contributed by atoms with Crippen molar-refractivity contribution in [3.8, 4) is 6.07 Å². The lowest BCUT2D eigenvalue weighted by Gasteiger charge is -2.27. The van der Waals surface area contributed by atoms with Crippen molar-refractivity contribution in [1.29, 1.82) is 5.26 Å². The molecule has 0 aromatic carbocycles. The largest absolute Gasteiger partial charge is 0.393 e. The van der Waals surface area contributed by atoms with Crippen LogP contribution in [0.4, 0.5) is 0 Å². The molecule has 2 aliphatic heterocycles. The van der Waals surface area contributed by atoms with Crippen molar-refractivity contribution in [2.75, 3.05) is 6.54 Å². The second kappa shape index (κ2) is 3.48. The normalized spacial score (nSPS) is 32.4. The third-order valence-corrected chi connectivity index (χ3v) is 4.27. The summed E-state index contributed by atoms with van der Waals surface area (Å²) in [4.78, 5) is 2.38. The van der Waals surface area contributed by atoms with Gasteiger partial charge in [0.1, 0.15) is 0 Å². The van der Waals surface area contributed by atoms with Crippen molar-refractivity contribution in [3.63, 3.8) is 0 Å². The number of thioether (sulfide) groups is 1. The Labute approximate surface area is 88.9 Å². The van der Waals surface area contributed by atoms with Crippen LogP contribution in [0.3, 0.4) is 0 Å². The minimum atomic E-state index is 0.282. The van der Waals surface area contributed by atoms with E-state index < -0.39 is 0 Å². The zero-order chi connectivity index (χ0) is 10.3. The minimum Gasteiger partial charge on any atom is -0.393 e. The summed E-state index contributed by atoms with van der Waals surface area (Å²) >= 11 is 1.68. The molecule has 4 heteroatoms. The Hall–Kier alpha value is -0.660. The molecule has 0 aliphatic carbocycles. The summed E-state index contributed by atoms with van der Waals surface area (Å²) in [5.41, 5.74) is 6.63. The molecule has 2 heterocycles. The summed E-state index contributed by atoms with van der Waals surface area (Å²) in [6.45, 7) is 5.45. The Balaban J connectivity index is 2.28. The third-order valence-electron chi connectivity index (χ3n) is 3.00. The molecule has 0 aromatic rings. The summed E-state index contributed by atoms with van der Waals surface area (Å²) in [5.74, 6) is 0. The van der Waals surface area contributed by atoms with E-state index in [4.69, 9.17) is 11.0 Å². The van der Waals surface area contributed by atoms with Crippen molar-refractivity contribution in [2.24, 2.45) is 5.73 Å². The topological polar surface area (TPSA) is 53.0 Å². The first-order valence-electron chi connectivity index (χ1n) is 4.97. The van der Waals surface area contributed by atoms with Crippen molar-refractivity contribution in [3.05, 3.63) is 10.6 Å². The average molecular weight is 209 g/mol. The van der Waals surface area contributed by atoms with E-state index in [1.807, 2.05) is 0 Å². The highest BCUT2D eigenvalue weighted by Crippen LogP contribution is 2.43. The Morgan fingerprint density at radius 2 is 2.36 bits per heavy atom. The van der Waals surface area contributed by atoms with Gasteiger partial charge < -0.3 is 5.73 Å². The Kier molecular flexibility index (Phi) is 2.46. The molecule has 0 radical (unpaired) electrons. The molecule has 0 saturated carbocycles. The number of hydrogen-bond donors (Lipinski definition) is 1. The molecule has 2 N–H and O–H groups in total. The number of nitrogens with zero attached hydrogens (tertiary/aromatic N) is 2. The number of nitrogens with two attached hydrogens (primary N) is 1. The monoisotopic (exact) mass is 209 g/mol. The highest BCUT2D eigenvalue weighted by molar-refractivity contribution is 8.04. The fourth-order valence-corrected chi connectivity index (χ4v) is 3.60. The highest BCUT2D eigenvalue weighted by Gasteiger charge is 2.44. The molecule has 0 aromatic heterocycles. The first-order chi connectivity index (χ1) is 6.65. The van der Waals surface area contributed by atoms with Gasteiger partial charge >= 0.3 is 0 Å².